The maximum absolute atomic E-state index is 12.2. The van der Waals surface area contributed by atoms with Gasteiger partial charge in [0.25, 0.3) is 5.91 Å². The van der Waals surface area contributed by atoms with Crippen LogP contribution in [0.4, 0.5) is 5.69 Å². The van der Waals surface area contributed by atoms with Gasteiger partial charge in [-0.1, -0.05) is 54.6 Å². The molecule has 2 N–H and O–H groups in total. The van der Waals surface area contributed by atoms with Crippen molar-refractivity contribution in [3.63, 3.8) is 0 Å². The number of benzene rings is 2. The van der Waals surface area contributed by atoms with Crippen LogP contribution in [-0.2, 0) is 4.79 Å². The fourth-order valence-corrected chi connectivity index (χ4v) is 3.61. The second-order valence-electron chi connectivity index (χ2n) is 5.62. The summed E-state index contributed by atoms with van der Waals surface area (Å²) < 4.78 is 0. The molecular formula is C19H19N3OS2. The van der Waals surface area contributed by atoms with Gasteiger partial charge in [0.1, 0.15) is 5.37 Å². The largest absolute Gasteiger partial charge is 0.331 e. The molecule has 0 aliphatic carbocycles. The van der Waals surface area contributed by atoms with Gasteiger partial charge in [-0.05, 0) is 42.4 Å². The number of carbonyl (C=O) groups excluding carboxylic acids is 1. The number of nitrogens with zero attached hydrogens (tertiary/aromatic N) is 1. The summed E-state index contributed by atoms with van der Waals surface area (Å²) in [6.07, 6.45) is 4.02. The molecule has 1 aliphatic heterocycles. The van der Waals surface area contributed by atoms with E-state index in [9.17, 15) is 4.79 Å². The number of carbonyl (C=O) groups is 1. The molecule has 0 saturated carbocycles. The molecule has 0 aromatic heterocycles. The van der Waals surface area contributed by atoms with Crippen molar-refractivity contribution >= 4 is 46.8 Å². The molecule has 1 aliphatic rings. The first-order chi connectivity index (χ1) is 12.1. The maximum Gasteiger partial charge on any atom is 0.252 e. The van der Waals surface area contributed by atoms with Gasteiger partial charge in [-0.2, -0.15) is 0 Å². The van der Waals surface area contributed by atoms with Crippen LogP contribution < -0.4 is 10.7 Å². The number of thioether (sulfide) groups is 1. The summed E-state index contributed by atoms with van der Waals surface area (Å²) in [5, 5.41) is 5.04. The van der Waals surface area contributed by atoms with Gasteiger partial charge in [-0.3, -0.25) is 10.2 Å². The molecule has 1 heterocycles. The number of thiocarbonyl (C=S) groups is 1. The highest BCUT2D eigenvalue weighted by Gasteiger charge is 2.30. The van der Waals surface area contributed by atoms with E-state index in [1.807, 2.05) is 73.7 Å². The van der Waals surface area contributed by atoms with Crippen molar-refractivity contribution in [2.24, 2.45) is 0 Å². The summed E-state index contributed by atoms with van der Waals surface area (Å²) in [5.74, 6) is 0.450. The minimum absolute atomic E-state index is 0.0154. The van der Waals surface area contributed by atoms with Crippen LogP contribution in [0.5, 0.6) is 0 Å². The lowest BCUT2D eigenvalue weighted by molar-refractivity contribution is -0.129. The van der Waals surface area contributed by atoms with Crippen LogP contribution in [0.1, 0.15) is 11.1 Å². The predicted molar refractivity (Wildman–Crippen MR) is 109 cm³/mol. The van der Waals surface area contributed by atoms with E-state index < -0.39 is 0 Å². The third-order valence-electron chi connectivity index (χ3n) is 3.77. The van der Waals surface area contributed by atoms with Crippen LogP contribution in [0, 0.1) is 6.92 Å². The van der Waals surface area contributed by atoms with Crippen LogP contribution in [0.25, 0.3) is 6.08 Å². The Labute approximate surface area is 157 Å². The Bertz CT molecular complexity index is 792. The van der Waals surface area contributed by atoms with Gasteiger partial charge in [0.2, 0.25) is 0 Å². The molecule has 0 radical (unpaired) electrons. The number of aryl methyl sites for hydroxylation is 1. The minimum Gasteiger partial charge on any atom is -0.331 e. The van der Waals surface area contributed by atoms with Crippen molar-refractivity contribution < 1.29 is 4.79 Å². The molecule has 0 unspecified atom stereocenters. The van der Waals surface area contributed by atoms with Gasteiger partial charge in [0, 0.05) is 5.69 Å². The van der Waals surface area contributed by atoms with Crippen LogP contribution in [0.15, 0.2) is 60.7 Å². The van der Waals surface area contributed by atoms with E-state index in [2.05, 4.69) is 10.7 Å². The molecule has 1 amide bonds. The number of rotatable bonds is 4. The molecule has 2 aromatic carbocycles. The van der Waals surface area contributed by atoms with Crippen LogP contribution in [0.2, 0.25) is 0 Å². The zero-order chi connectivity index (χ0) is 17.6. The zero-order valence-corrected chi connectivity index (χ0v) is 15.4. The predicted octanol–water partition coefficient (Wildman–Crippen LogP) is 3.81. The highest BCUT2D eigenvalue weighted by atomic mass is 32.2. The summed E-state index contributed by atoms with van der Waals surface area (Å²) in [6, 6.07) is 17.9. The number of amides is 1. The molecule has 3 rings (SSSR count). The molecule has 128 valence electrons. The third-order valence-corrected chi connectivity index (χ3v) is 5.09. The lowest BCUT2D eigenvalue weighted by Crippen LogP contribution is -2.48. The van der Waals surface area contributed by atoms with E-state index in [1.165, 1.54) is 0 Å². The summed E-state index contributed by atoms with van der Waals surface area (Å²) in [6.45, 7) is 2.01. The minimum atomic E-state index is -0.0932. The summed E-state index contributed by atoms with van der Waals surface area (Å²) in [7, 11) is 0. The molecular weight excluding hydrogens is 350 g/mol. The maximum atomic E-state index is 12.2. The number of hydrogen-bond acceptors (Lipinski definition) is 3. The second-order valence-corrected chi connectivity index (χ2v) is 7.13. The number of hydrogen-bond donors (Lipinski definition) is 2. The average Bonchev–Trinajstić information content (AvgIpc) is 2.96. The Kier molecular flexibility index (Phi) is 5.73. The van der Waals surface area contributed by atoms with Crippen molar-refractivity contribution in [2.75, 3.05) is 11.1 Å². The standard InChI is InChI=1S/C19H19N3OS2/c1-14-7-5-6-10-16(14)20-19(24)21-22-17(23)13-25-18(22)12-11-15-8-3-2-4-9-15/h2-12,18H,13H2,1H3,(H2,20,21,24)/b12-11+/t18-/m1/s1. The molecule has 0 spiro atoms. The molecule has 0 bridgehead atoms. The molecule has 1 saturated heterocycles. The van der Waals surface area contributed by atoms with E-state index in [0.717, 1.165) is 16.8 Å². The number of anilines is 1. The van der Waals surface area contributed by atoms with Gasteiger partial charge in [-0.25, -0.2) is 5.01 Å². The molecule has 2 aromatic rings. The first kappa shape index (κ1) is 17.5. The number of hydrazine groups is 1. The summed E-state index contributed by atoms with van der Waals surface area (Å²) >= 11 is 6.94. The third kappa shape index (κ3) is 4.61. The second kappa shape index (κ2) is 8.18. The molecule has 4 nitrogen and oxygen atoms in total. The van der Waals surface area contributed by atoms with Gasteiger partial charge < -0.3 is 5.32 Å². The lowest BCUT2D eigenvalue weighted by atomic mass is 10.2. The average molecular weight is 370 g/mol. The fourth-order valence-electron chi connectivity index (χ4n) is 2.44. The van der Waals surface area contributed by atoms with Crippen molar-refractivity contribution in [1.82, 2.24) is 10.4 Å². The van der Waals surface area contributed by atoms with E-state index in [4.69, 9.17) is 12.2 Å². The summed E-state index contributed by atoms with van der Waals surface area (Å²) in [4.78, 5) is 12.2. The van der Waals surface area contributed by atoms with Crippen molar-refractivity contribution in [1.29, 1.82) is 0 Å². The van der Waals surface area contributed by atoms with Crippen LogP contribution in [-0.4, -0.2) is 27.2 Å². The van der Waals surface area contributed by atoms with Crippen LogP contribution >= 0.6 is 24.0 Å². The Morgan fingerprint density at radius 2 is 1.92 bits per heavy atom. The lowest BCUT2D eigenvalue weighted by Gasteiger charge is -2.24. The highest BCUT2D eigenvalue weighted by molar-refractivity contribution is 8.01. The van der Waals surface area contributed by atoms with Crippen molar-refractivity contribution in [2.45, 2.75) is 12.3 Å². The fraction of sp³-hybridized carbons (Fsp3) is 0.158. The molecule has 1 atom stereocenters. The number of para-hydroxylation sites is 1. The van der Waals surface area contributed by atoms with Crippen molar-refractivity contribution in [3.05, 3.63) is 71.8 Å². The zero-order valence-electron chi connectivity index (χ0n) is 13.8. The van der Waals surface area contributed by atoms with E-state index in [-0.39, 0.29) is 11.3 Å². The van der Waals surface area contributed by atoms with Gasteiger partial charge in [-0.15, -0.1) is 11.8 Å². The SMILES string of the molecule is Cc1ccccc1NC(=S)NN1C(=O)CS[C@@H]1/C=C/c1ccccc1. The van der Waals surface area contributed by atoms with Gasteiger partial charge in [0.05, 0.1) is 5.75 Å². The molecule has 6 heteroatoms. The monoisotopic (exact) mass is 369 g/mol. The number of nitrogens with one attached hydrogen (secondary N) is 2. The quantitative estimate of drug-likeness (QED) is 0.803. The van der Waals surface area contributed by atoms with Gasteiger partial charge >= 0.3 is 0 Å². The Morgan fingerprint density at radius 3 is 2.68 bits per heavy atom. The smallest absolute Gasteiger partial charge is 0.252 e. The first-order valence-electron chi connectivity index (χ1n) is 7.93. The highest BCUT2D eigenvalue weighted by Crippen LogP contribution is 2.25. The Hall–Kier alpha value is -2.31. The van der Waals surface area contributed by atoms with Crippen LogP contribution in [0.3, 0.4) is 0 Å². The first-order valence-corrected chi connectivity index (χ1v) is 9.39. The molecule has 1 fully saturated rings. The summed E-state index contributed by atoms with van der Waals surface area (Å²) in [5.41, 5.74) is 6.14. The molecule has 25 heavy (non-hydrogen) atoms. The van der Waals surface area contributed by atoms with Gasteiger partial charge in [0.15, 0.2) is 5.11 Å². The normalized spacial score (nSPS) is 17.1. The van der Waals surface area contributed by atoms with E-state index in [0.29, 0.717) is 10.9 Å². The van der Waals surface area contributed by atoms with Crippen molar-refractivity contribution in [3.8, 4) is 0 Å². The Balaban J connectivity index is 1.65. The van der Waals surface area contributed by atoms with E-state index in [1.54, 1.807) is 16.8 Å². The van der Waals surface area contributed by atoms with E-state index >= 15 is 0 Å². The Morgan fingerprint density at radius 1 is 1.20 bits per heavy atom. The topological polar surface area (TPSA) is 44.4 Å².